The monoisotopic (exact) mass is 425 g/mol. The Morgan fingerprint density at radius 3 is 2.61 bits per heavy atom. The number of hydrogen-bond donors (Lipinski definition) is 1. The molecule has 2 aliphatic heterocycles. The second kappa shape index (κ2) is 10.1. The minimum absolute atomic E-state index is 0.0761. The maximum Gasteiger partial charge on any atom is 0.258 e. The molecule has 2 heterocycles. The van der Waals surface area contributed by atoms with Crippen molar-refractivity contribution in [2.75, 3.05) is 44.7 Å². The number of nitrogens with zero attached hydrogens (tertiary/aromatic N) is 2. The topological polar surface area (TPSA) is 44.8 Å². The summed E-state index contributed by atoms with van der Waals surface area (Å²) in [5, 5.41) is 3.06. The summed E-state index contributed by atoms with van der Waals surface area (Å²) in [4.78, 5) is 17.3. The molecule has 0 bridgehead atoms. The lowest BCUT2D eigenvalue weighted by Gasteiger charge is -2.36. The van der Waals surface area contributed by atoms with E-state index in [4.69, 9.17) is 4.74 Å². The SMILES string of the molecule is CN1CCCc2cc([C@@H](CNC(=O)COc3ccc(F)cc3)N3CCCCC3)ccc21. The van der Waals surface area contributed by atoms with Crippen LogP contribution in [0.15, 0.2) is 42.5 Å². The molecular weight excluding hydrogens is 393 g/mol. The first-order valence-corrected chi connectivity index (χ1v) is 11.3. The van der Waals surface area contributed by atoms with E-state index in [2.05, 4.69) is 40.4 Å². The summed E-state index contributed by atoms with van der Waals surface area (Å²) < 4.78 is 18.5. The number of hydrogen-bond acceptors (Lipinski definition) is 4. The number of fused-ring (bicyclic) bond motifs is 1. The van der Waals surface area contributed by atoms with E-state index in [9.17, 15) is 9.18 Å². The molecule has 0 spiro atoms. The van der Waals surface area contributed by atoms with Crippen LogP contribution in [0.25, 0.3) is 0 Å². The van der Waals surface area contributed by atoms with Gasteiger partial charge < -0.3 is 15.0 Å². The Labute approximate surface area is 184 Å². The van der Waals surface area contributed by atoms with Crippen molar-refractivity contribution < 1.29 is 13.9 Å². The first-order valence-electron chi connectivity index (χ1n) is 11.3. The third kappa shape index (κ3) is 5.56. The van der Waals surface area contributed by atoms with Gasteiger partial charge in [-0.2, -0.15) is 0 Å². The first kappa shape index (κ1) is 21.6. The van der Waals surface area contributed by atoms with Crippen molar-refractivity contribution in [3.63, 3.8) is 0 Å². The van der Waals surface area contributed by atoms with Crippen LogP contribution in [0.3, 0.4) is 0 Å². The molecule has 6 heteroatoms. The van der Waals surface area contributed by atoms with Gasteiger partial charge in [-0.1, -0.05) is 18.6 Å². The fraction of sp³-hybridized carbons (Fsp3) is 0.480. The molecule has 0 saturated carbocycles. The number of likely N-dealkylation sites (tertiary alicyclic amines) is 1. The number of piperidine rings is 1. The lowest BCUT2D eigenvalue weighted by Crippen LogP contribution is -2.41. The van der Waals surface area contributed by atoms with Crippen molar-refractivity contribution >= 4 is 11.6 Å². The minimum Gasteiger partial charge on any atom is -0.484 e. The average Bonchev–Trinajstić information content (AvgIpc) is 2.80. The van der Waals surface area contributed by atoms with Crippen LogP contribution in [-0.4, -0.2) is 50.6 Å². The van der Waals surface area contributed by atoms with E-state index in [-0.39, 0.29) is 24.4 Å². The normalized spacial score (nSPS) is 17.7. The van der Waals surface area contributed by atoms with Crippen LogP contribution in [0, 0.1) is 5.82 Å². The highest BCUT2D eigenvalue weighted by Gasteiger charge is 2.24. The number of halogens is 1. The van der Waals surface area contributed by atoms with Crippen molar-refractivity contribution in [2.45, 2.75) is 38.1 Å². The third-order valence-electron chi connectivity index (χ3n) is 6.35. The number of rotatable bonds is 7. The quantitative estimate of drug-likeness (QED) is 0.730. The fourth-order valence-electron chi connectivity index (χ4n) is 4.64. The molecule has 31 heavy (non-hydrogen) atoms. The fourth-order valence-corrected chi connectivity index (χ4v) is 4.64. The number of anilines is 1. The van der Waals surface area contributed by atoms with Crippen molar-refractivity contribution in [3.8, 4) is 5.75 Å². The Morgan fingerprint density at radius 2 is 1.84 bits per heavy atom. The van der Waals surface area contributed by atoms with Crippen LogP contribution in [0.4, 0.5) is 10.1 Å². The van der Waals surface area contributed by atoms with E-state index < -0.39 is 0 Å². The van der Waals surface area contributed by atoms with E-state index in [0.29, 0.717) is 12.3 Å². The predicted octanol–water partition coefficient (Wildman–Crippen LogP) is 3.93. The van der Waals surface area contributed by atoms with Gasteiger partial charge in [0, 0.05) is 25.8 Å². The summed E-state index contributed by atoms with van der Waals surface area (Å²) in [6, 6.07) is 12.7. The Bertz CT molecular complexity index is 881. The molecule has 1 fully saturated rings. The number of carbonyl (C=O) groups excluding carboxylic acids is 1. The Hall–Kier alpha value is -2.60. The molecule has 1 saturated heterocycles. The van der Waals surface area contributed by atoms with E-state index >= 15 is 0 Å². The van der Waals surface area contributed by atoms with E-state index in [1.165, 1.54) is 66.8 Å². The van der Waals surface area contributed by atoms with Crippen LogP contribution < -0.4 is 15.0 Å². The highest BCUT2D eigenvalue weighted by molar-refractivity contribution is 5.77. The third-order valence-corrected chi connectivity index (χ3v) is 6.35. The highest BCUT2D eigenvalue weighted by atomic mass is 19.1. The second-order valence-corrected chi connectivity index (χ2v) is 8.57. The maximum atomic E-state index is 13.0. The van der Waals surface area contributed by atoms with Crippen LogP contribution in [0.2, 0.25) is 0 Å². The van der Waals surface area contributed by atoms with Crippen molar-refractivity contribution in [1.82, 2.24) is 10.2 Å². The minimum atomic E-state index is -0.322. The van der Waals surface area contributed by atoms with E-state index in [1.807, 2.05) is 0 Å². The molecule has 5 nitrogen and oxygen atoms in total. The van der Waals surface area contributed by atoms with Crippen LogP contribution in [0.1, 0.15) is 42.9 Å². The zero-order chi connectivity index (χ0) is 21.6. The molecule has 0 aliphatic carbocycles. The van der Waals surface area contributed by atoms with Crippen molar-refractivity contribution in [3.05, 3.63) is 59.4 Å². The molecule has 1 atom stereocenters. The smallest absolute Gasteiger partial charge is 0.258 e. The lowest BCUT2D eigenvalue weighted by molar-refractivity contribution is -0.123. The molecule has 1 amide bonds. The number of amides is 1. The second-order valence-electron chi connectivity index (χ2n) is 8.57. The van der Waals surface area contributed by atoms with E-state index in [0.717, 1.165) is 26.1 Å². The maximum absolute atomic E-state index is 13.0. The van der Waals surface area contributed by atoms with Gasteiger partial charge in [-0.15, -0.1) is 0 Å². The van der Waals surface area contributed by atoms with Crippen LogP contribution in [-0.2, 0) is 11.2 Å². The predicted molar refractivity (Wildman–Crippen MR) is 121 cm³/mol. The van der Waals surface area contributed by atoms with Gasteiger partial charge in [0.05, 0.1) is 6.04 Å². The van der Waals surface area contributed by atoms with Crippen molar-refractivity contribution in [1.29, 1.82) is 0 Å². The van der Waals surface area contributed by atoms with E-state index in [1.54, 1.807) is 0 Å². The molecule has 1 N–H and O–H groups in total. The molecule has 0 aromatic heterocycles. The molecule has 166 valence electrons. The Morgan fingerprint density at radius 1 is 1.06 bits per heavy atom. The Balaban J connectivity index is 1.42. The van der Waals surface area contributed by atoms with Gasteiger partial charge in [-0.25, -0.2) is 4.39 Å². The largest absolute Gasteiger partial charge is 0.484 e. The zero-order valence-electron chi connectivity index (χ0n) is 18.3. The number of nitrogens with one attached hydrogen (secondary N) is 1. The summed E-state index contributed by atoms with van der Waals surface area (Å²) in [5.41, 5.74) is 4.00. The summed E-state index contributed by atoms with van der Waals surface area (Å²) in [5.74, 6) is 0.00406. The summed E-state index contributed by atoms with van der Waals surface area (Å²) in [6.07, 6.45) is 5.96. The molecule has 2 aliphatic rings. The van der Waals surface area contributed by atoms with Gasteiger partial charge in [0.25, 0.3) is 5.91 Å². The summed E-state index contributed by atoms with van der Waals surface area (Å²) >= 11 is 0. The molecule has 0 unspecified atom stereocenters. The number of ether oxygens (including phenoxy) is 1. The number of aryl methyl sites for hydroxylation is 1. The Kier molecular flexibility index (Phi) is 7.07. The number of carbonyl (C=O) groups is 1. The summed E-state index contributed by atoms with van der Waals surface area (Å²) in [6.45, 7) is 3.70. The first-order chi connectivity index (χ1) is 15.1. The summed E-state index contributed by atoms with van der Waals surface area (Å²) in [7, 11) is 2.15. The molecular formula is C25H32FN3O2. The average molecular weight is 426 g/mol. The van der Waals surface area contributed by atoms with Crippen molar-refractivity contribution in [2.24, 2.45) is 0 Å². The standard InChI is InChI=1S/C25H32FN3O2/c1-28-13-5-6-19-16-20(7-12-23(19)28)24(29-14-3-2-4-15-29)17-27-25(30)18-31-22-10-8-21(26)9-11-22/h7-12,16,24H,2-6,13-15,17-18H2,1H3,(H,27,30)/t24-/m1/s1. The van der Waals surface area contributed by atoms with Gasteiger partial charge >= 0.3 is 0 Å². The molecule has 0 radical (unpaired) electrons. The van der Waals surface area contributed by atoms with Gasteiger partial charge in [0.1, 0.15) is 11.6 Å². The molecule has 2 aromatic carbocycles. The zero-order valence-corrected chi connectivity index (χ0v) is 18.3. The number of benzene rings is 2. The van der Waals surface area contributed by atoms with Crippen LogP contribution >= 0.6 is 0 Å². The van der Waals surface area contributed by atoms with Gasteiger partial charge in [-0.3, -0.25) is 9.69 Å². The van der Waals surface area contributed by atoms with Gasteiger partial charge in [-0.05, 0) is 80.2 Å². The van der Waals surface area contributed by atoms with Gasteiger partial charge in [0.2, 0.25) is 0 Å². The highest BCUT2D eigenvalue weighted by Crippen LogP contribution is 2.31. The molecule has 2 aromatic rings. The lowest BCUT2D eigenvalue weighted by atomic mass is 9.95. The van der Waals surface area contributed by atoms with Crippen LogP contribution in [0.5, 0.6) is 5.75 Å². The van der Waals surface area contributed by atoms with Gasteiger partial charge in [0.15, 0.2) is 6.61 Å². The molecule has 4 rings (SSSR count).